The van der Waals surface area contributed by atoms with Crippen LogP contribution < -0.4 is 15.7 Å². The van der Waals surface area contributed by atoms with Crippen molar-refractivity contribution in [1.29, 1.82) is 0 Å². The third-order valence-electron chi connectivity index (χ3n) is 5.32. The SMILES string of the molecule is CC(C)(C)O[Si](OCC(NC(=O)C(F)(F)F)C(O)c1ccccc1)(c1ccccc1)c1ccccc1. The van der Waals surface area contributed by atoms with Gasteiger partial charge < -0.3 is 19.3 Å². The molecule has 0 saturated carbocycles. The van der Waals surface area contributed by atoms with Crippen molar-refractivity contribution >= 4 is 24.8 Å². The Bertz CT molecular complexity index is 1070. The van der Waals surface area contributed by atoms with Crippen LogP contribution in [0.2, 0.25) is 0 Å². The summed E-state index contributed by atoms with van der Waals surface area (Å²) >= 11 is 0. The van der Waals surface area contributed by atoms with E-state index >= 15 is 0 Å². The molecule has 0 heterocycles. The molecule has 3 aromatic rings. The molecule has 192 valence electrons. The molecule has 3 aromatic carbocycles. The number of amides is 1. The molecule has 3 rings (SSSR count). The standard InChI is InChI=1S/C27H30F3NO4Si/c1-26(2,3)35-36(21-15-9-5-10-16-21,22-17-11-6-12-18-22)34-19-23(31-25(33)27(28,29)30)24(32)20-13-7-4-8-14-20/h4-18,23-24,32H,19H2,1-3H3,(H,31,33). The lowest BCUT2D eigenvalue weighted by molar-refractivity contribution is -0.175. The van der Waals surface area contributed by atoms with Crippen LogP contribution in [0.1, 0.15) is 32.4 Å². The summed E-state index contributed by atoms with van der Waals surface area (Å²) in [6, 6.07) is 25.2. The number of alkyl halides is 3. The minimum Gasteiger partial charge on any atom is -0.386 e. The van der Waals surface area contributed by atoms with E-state index in [4.69, 9.17) is 8.85 Å². The molecule has 36 heavy (non-hydrogen) atoms. The summed E-state index contributed by atoms with van der Waals surface area (Å²) in [6.07, 6.45) is -6.57. The first kappa shape index (κ1) is 27.6. The number of aliphatic hydroxyl groups is 1. The number of rotatable bonds is 9. The van der Waals surface area contributed by atoms with E-state index in [2.05, 4.69) is 0 Å². The molecule has 1 amide bonds. The molecule has 0 fully saturated rings. The van der Waals surface area contributed by atoms with Gasteiger partial charge in [0.15, 0.2) is 0 Å². The van der Waals surface area contributed by atoms with E-state index in [9.17, 15) is 23.1 Å². The van der Waals surface area contributed by atoms with E-state index in [1.165, 1.54) is 0 Å². The molecule has 9 heteroatoms. The van der Waals surface area contributed by atoms with E-state index in [1.807, 2.05) is 86.8 Å². The monoisotopic (exact) mass is 517 g/mol. The van der Waals surface area contributed by atoms with Crippen LogP contribution in [0.3, 0.4) is 0 Å². The van der Waals surface area contributed by atoms with E-state index in [0.29, 0.717) is 5.56 Å². The second kappa shape index (κ2) is 11.4. The van der Waals surface area contributed by atoms with Gasteiger partial charge in [0, 0.05) is 0 Å². The topological polar surface area (TPSA) is 67.8 Å². The Morgan fingerprint density at radius 3 is 1.72 bits per heavy atom. The first-order chi connectivity index (χ1) is 16.9. The number of hydrogen-bond donors (Lipinski definition) is 2. The van der Waals surface area contributed by atoms with Crippen LogP contribution in [0.15, 0.2) is 91.0 Å². The summed E-state index contributed by atoms with van der Waals surface area (Å²) in [4.78, 5) is 11.9. The maximum absolute atomic E-state index is 13.2. The molecule has 0 saturated heterocycles. The lowest BCUT2D eigenvalue weighted by Crippen LogP contribution is -2.67. The van der Waals surface area contributed by atoms with Crippen LogP contribution >= 0.6 is 0 Å². The zero-order valence-corrected chi connectivity index (χ0v) is 21.3. The van der Waals surface area contributed by atoms with Crippen molar-refractivity contribution < 1.29 is 31.9 Å². The van der Waals surface area contributed by atoms with Gasteiger partial charge in [-0.1, -0.05) is 91.0 Å². The lowest BCUT2D eigenvalue weighted by atomic mass is 10.0. The van der Waals surface area contributed by atoms with E-state index < -0.39 is 45.0 Å². The average Bonchev–Trinajstić information content (AvgIpc) is 2.85. The smallest absolute Gasteiger partial charge is 0.386 e. The van der Waals surface area contributed by atoms with Crippen LogP contribution in [0.5, 0.6) is 0 Å². The Morgan fingerprint density at radius 2 is 1.31 bits per heavy atom. The molecule has 2 N–H and O–H groups in total. The molecule has 2 atom stereocenters. The van der Waals surface area contributed by atoms with Crippen molar-refractivity contribution in [2.24, 2.45) is 0 Å². The highest BCUT2D eigenvalue weighted by Crippen LogP contribution is 2.24. The maximum Gasteiger partial charge on any atom is 0.471 e. The minimum absolute atomic E-state index is 0.344. The molecule has 0 aliphatic carbocycles. The fourth-order valence-corrected chi connectivity index (χ4v) is 7.28. The van der Waals surface area contributed by atoms with Crippen molar-refractivity contribution in [2.45, 2.75) is 44.7 Å². The maximum atomic E-state index is 13.2. The van der Waals surface area contributed by atoms with Gasteiger partial charge in [0.25, 0.3) is 0 Å². The van der Waals surface area contributed by atoms with Gasteiger partial charge in [0.2, 0.25) is 0 Å². The highest BCUT2D eigenvalue weighted by atomic mass is 28.4. The number of carbonyl (C=O) groups is 1. The van der Waals surface area contributed by atoms with E-state index in [-0.39, 0.29) is 0 Å². The zero-order chi connectivity index (χ0) is 26.4. The second-order valence-corrected chi connectivity index (χ2v) is 12.2. The van der Waals surface area contributed by atoms with Gasteiger partial charge >= 0.3 is 20.6 Å². The summed E-state index contributed by atoms with van der Waals surface area (Å²) < 4.78 is 52.5. The highest BCUT2D eigenvalue weighted by Gasteiger charge is 2.47. The first-order valence-corrected chi connectivity index (χ1v) is 13.3. The number of hydrogen-bond acceptors (Lipinski definition) is 4. The van der Waals surface area contributed by atoms with Gasteiger partial charge in [-0.05, 0) is 36.7 Å². The Balaban J connectivity index is 2.06. The van der Waals surface area contributed by atoms with Crippen molar-refractivity contribution in [3.05, 3.63) is 96.6 Å². The van der Waals surface area contributed by atoms with Crippen LogP contribution in [-0.2, 0) is 13.6 Å². The molecule has 2 unspecified atom stereocenters. The molecule has 0 aliphatic heterocycles. The molecular weight excluding hydrogens is 487 g/mol. The fraction of sp³-hybridized carbons (Fsp3) is 0.296. The average molecular weight is 518 g/mol. The minimum atomic E-state index is -5.12. The molecule has 5 nitrogen and oxygen atoms in total. The van der Waals surface area contributed by atoms with Crippen LogP contribution in [-0.4, -0.2) is 44.0 Å². The van der Waals surface area contributed by atoms with E-state index in [0.717, 1.165) is 10.4 Å². The van der Waals surface area contributed by atoms with Crippen LogP contribution in [0, 0.1) is 0 Å². The Labute approximate surface area is 210 Å². The number of carbonyl (C=O) groups excluding carboxylic acids is 1. The third kappa shape index (κ3) is 7.04. The van der Waals surface area contributed by atoms with Gasteiger partial charge in [0.05, 0.1) is 18.2 Å². The highest BCUT2D eigenvalue weighted by molar-refractivity contribution is 6.92. The van der Waals surface area contributed by atoms with Crippen LogP contribution in [0.4, 0.5) is 13.2 Å². The summed E-state index contributed by atoms with van der Waals surface area (Å²) in [5.74, 6) is -2.16. The molecular formula is C27H30F3NO4Si. The number of halogens is 3. The van der Waals surface area contributed by atoms with Gasteiger partial charge in [0.1, 0.15) is 6.10 Å². The van der Waals surface area contributed by atoms with Crippen LogP contribution in [0.25, 0.3) is 0 Å². The molecule has 0 bridgehead atoms. The largest absolute Gasteiger partial charge is 0.471 e. The Hall–Kier alpha value is -2.98. The zero-order valence-electron chi connectivity index (χ0n) is 20.3. The number of nitrogens with one attached hydrogen (secondary N) is 1. The fourth-order valence-electron chi connectivity index (χ4n) is 3.78. The molecule has 0 aromatic heterocycles. The molecule has 0 radical (unpaired) electrons. The van der Waals surface area contributed by atoms with Gasteiger partial charge in [-0.25, -0.2) is 0 Å². The molecule has 0 spiro atoms. The van der Waals surface area contributed by atoms with E-state index in [1.54, 1.807) is 30.3 Å². The Morgan fingerprint density at radius 1 is 0.861 bits per heavy atom. The Kier molecular flexibility index (Phi) is 8.73. The summed E-state index contributed by atoms with van der Waals surface area (Å²) in [5, 5.41) is 14.4. The first-order valence-electron chi connectivity index (χ1n) is 11.5. The number of benzene rings is 3. The summed E-state index contributed by atoms with van der Waals surface area (Å²) in [5.41, 5.74) is -0.335. The number of aliphatic hydroxyl groups excluding tert-OH is 1. The third-order valence-corrected chi connectivity index (χ3v) is 8.98. The van der Waals surface area contributed by atoms with Crippen molar-refractivity contribution in [3.63, 3.8) is 0 Å². The lowest BCUT2D eigenvalue weighted by Gasteiger charge is -2.39. The predicted molar refractivity (Wildman–Crippen MR) is 134 cm³/mol. The second-order valence-electron chi connectivity index (χ2n) is 9.31. The van der Waals surface area contributed by atoms with Crippen molar-refractivity contribution in [3.8, 4) is 0 Å². The van der Waals surface area contributed by atoms with Crippen molar-refractivity contribution in [1.82, 2.24) is 5.32 Å². The van der Waals surface area contributed by atoms with Gasteiger partial charge in [-0.3, -0.25) is 4.79 Å². The quantitative estimate of drug-likeness (QED) is 0.423. The summed E-state index contributed by atoms with van der Waals surface area (Å²) in [6.45, 7) is 5.17. The van der Waals surface area contributed by atoms with Gasteiger partial charge in [-0.2, -0.15) is 13.2 Å². The summed E-state index contributed by atoms with van der Waals surface area (Å²) in [7, 11) is -3.53. The predicted octanol–water partition coefficient (Wildman–Crippen LogP) is 3.86. The molecule has 0 aliphatic rings. The normalized spacial score (nSPS) is 14.2. The van der Waals surface area contributed by atoms with Crippen molar-refractivity contribution in [2.75, 3.05) is 6.61 Å². The van der Waals surface area contributed by atoms with Gasteiger partial charge in [-0.15, -0.1) is 0 Å².